The van der Waals surface area contributed by atoms with E-state index in [-0.39, 0.29) is 0 Å². The normalized spacial score (nSPS) is 31.5. The van der Waals surface area contributed by atoms with Crippen molar-refractivity contribution in [3.05, 3.63) is 12.2 Å². The maximum Gasteiger partial charge on any atom is 0.147 e. The van der Waals surface area contributed by atoms with E-state index in [4.69, 9.17) is 5.73 Å². The van der Waals surface area contributed by atoms with Gasteiger partial charge in [0.05, 0.1) is 6.54 Å². The van der Waals surface area contributed by atoms with E-state index in [1.165, 1.54) is 19.3 Å². The van der Waals surface area contributed by atoms with Gasteiger partial charge in [0.2, 0.25) is 0 Å². The average Bonchev–Trinajstić information content (AvgIpc) is 2.88. The smallest absolute Gasteiger partial charge is 0.147 e. The molecule has 0 aromatic carbocycles. The van der Waals surface area contributed by atoms with Crippen LogP contribution in [0, 0.1) is 17.8 Å². The van der Waals surface area contributed by atoms with Gasteiger partial charge < -0.3 is 10.3 Å². The number of hydrogen-bond acceptors (Lipinski definition) is 4. The molecule has 1 aliphatic heterocycles. The van der Waals surface area contributed by atoms with E-state index in [0.29, 0.717) is 12.0 Å². The van der Waals surface area contributed by atoms with Crippen LogP contribution in [0.4, 0.5) is 0 Å². The summed E-state index contributed by atoms with van der Waals surface area (Å²) < 4.78 is 2.16. The molecule has 20 heavy (non-hydrogen) atoms. The zero-order chi connectivity index (χ0) is 14.1. The first-order valence-electron chi connectivity index (χ1n) is 7.98. The van der Waals surface area contributed by atoms with Crippen molar-refractivity contribution in [3.8, 4) is 0 Å². The molecule has 3 unspecified atom stereocenters. The summed E-state index contributed by atoms with van der Waals surface area (Å²) in [6.45, 7) is 8.86. The lowest BCUT2D eigenvalue weighted by molar-refractivity contribution is 0.119. The molecule has 112 valence electrons. The van der Waals surface area contributed by atoms with Crippen molar-refractivity contribution in [2.45, 2.75) is 52.2 Å². The van der Waals surface area contributed by atoms with Crippen LogP contribution in [0.2, 0.25) is 0 Å². The molecule has 3 atom stereocenters. The highest BCUT2D eigenvalue weighted by atomic mass is 15.3. The minimum absolute atomic E-state index is 0.379. The largest absolute Gasteiger partial charge is 0.327 e. The highest BCUT2D eigenvalue weighted by Crippen LogP contribution is 2.33. The SMILES string of the molecule is CC(C)C1CCC(N)C(CN2CCn3cnnc3C2)C1. The van der Waals surface area contributed by atoms with Gasteiger partial charge >= 0.3 is 0 Å². The van der Waals surface area contributed by atoms with E-state index in [0.717, 1.165) is 43.8 Å². The Balaban J connectivity index is 1.59. The van der Waals surface area contributed by atoms with Crippen molar-refractivity contribution in [1.82, 2.24) is 19.7 Å². The first kappa shape index (κ1) is 14.0. The van der Waals surface area contributed by atoms with Crippen LogP contribution in [0.3, 0.4) is 0 Å². The number of hydrogen-bond donors (Lipinski definition) is 1. The van der Waals surface area contributed by atoms with Gasteiger partial charge in [0.15, 0.2) is 0 Å². The third kappa shape index (κ3) is 2.88. The van der Waals surface area contributed by atoms with Gasteiger partial charge in [-0.2, -0.15) is 0 Å². The number of aromatic nitrogens is 3. The van der Waals surface area contributed by atoms with Crippen molar-refractivity contribution in [3.63, 3.8) is 0 Å². The summed E-state index contributed by atoms with van der Waals surface area (Å²) in [4.78, 5) is 2.51. The van der Waals surface area contributed by atoms with Crippen molar-refractivity contribution < 1.29 is 0 Å². The molecule has 0 amide bonds. The number of nitrogens with zero attached hydrogens (tertiary/aromatic N) is 4. The van der Waals surface area contributed by atoms with Crippen LogP contribution in [0.25, 0.3) is 0 Å². The lowest BCUT2D eigenvalue weighted by Crippen LogP contribution is -2.45. The van der Waals surface area contributed by atoms with E-state index < -0.39 is 0 Å². The molecule has 1 aromatic rings. The quantitative estimate of drug-likeness (QED) is 0.909. The van der Waals surface area contributed by atoms with Crippen LogP contribution < -0.4 is 5.73 Å². The standard InChI is InChI=1S/C15H27N5/c1-11(2)12-3-4-14(16)13(7-12)8-19-5-6-20-10-17-18-15(20)9-19/h10-14H,3-9,16H2,1-2H3. The number of nitrogens with two attached hydrogens (primary N) is 1. The predicted molar refractivity (Wildman–Crippen MR) is 78.9 cm³/mol. The predicted octanol–water partition coefficient (Wildman–Crippen LogP) is 1.49. The molecular weight excluding hydrogens is 250 g/mol. The molecule has 2 aliphatic rings. The zero-order valence-corrected chi connectivity index (χ0v) is 12.7. The minimum atomic E-state index is 0.379. The molecule has 0 spiro atoms. The summed E-state index contributed by atoms with van der Waals surface area (Å²) in [6.07, 6.45) is 5.64. The summed E-state index contributed by atoms with van der Waals surface area (Å²) in [6, 6.07) is 0.379. The van der Waals surface area contributed by atoms with E-state index >= 15 is 0 Å². The second-order valence-electron chi connectivity index (χ2n) is 6.92. The third-order valence-electron chi connectivity index (χ3n) is 5.24. The first-order chi connectivity index (χ1) is 9.63. The van der Waals surface area contributed by atoms with Crippen LogP contribution in [-0.4, -0.2) is 38.8 Å². The molecule has 3 rings (SSSR count). The first-order valence-corrected chi connectivity index (χ1v) is 7.98. The Kier molecular flexibility index (Phi) is 4.08. The molecule has 1 aromatic heterocycles. The second kappa shape index (κ2) is 5.82. The Morgan fingerprint density at radius 3 is 3.00 bits per heavy atom. The van der Waals surface area contributed by atoms with E-state index in [2.05, 4.69) is 33.5 Å². The monoisotopic (exact) mass is 277 g/mol. The third-order valence-corrected chi connectivity index (χ3v) is 5.24. The fraction of sp³-hybridized carbons (Fsp3) is 0.867. The van der Waals surface area contributed by atoms with Crippen LogP contribution in [-0.2, 0) is 13.1 Å². The molecule has 5 nitrogen and oxygen atoms in total. The van der Waals surface area contributed by atoms with Crippen molar-refractivity contribution in [2.75, 3.05) is 13.1 Å². The summed E-state index contributed by atoms with van der Waals surface area (Å²) in [7, 11) is 0. The zero-order valence-electron chi connectivity index (χ0n) is 12.7. The number of rotatable bonds is 3. The maximum absolute atomic E-state index is 6.37. The fourth-order valence-corrected chi connectivity index (χ4v) is 3.74. The molecular formula is C15H27N5. The molecule has 1 saturated carbocycles. The molecule has 1 aliphatic carbocycles. The Hall–Kier alpha value is -0.940. The van der Waals surface area contributed by atoms with Gasteiger partial charge in [0, 0.05) is 25.7 Å². The average molecular weight is 277 g/mol. The van der Waals surface area contributed by atoms with Gasteiger partial charge in [-0.1, -0.05) is 13.8 Å². The van der Waals surface area contributed by atoms with Gasteiger partial charge in [0.25, 0.3) is 0 Å². The topological polar surface area (TPSA) is 60.0 Å². The highest BCUT2D eigenvalue weighted by molar-refractivity contribution is 4.92. The van der Waals surface area contributed by atoms with Crippen molar-refractivity contribution in [1.29, 1.82) is 0 Å². The van der Waals surface area contributed by atoms with Crippen LogP contribution >= 0.6 is 0 Å². The maximum atomic E-state index is 6.37. The van der Waals surface area contributed by atoms with Crippen molar-refractivity contribution >= 4 is 0 Å². The fourth-order valence-electron chi connectivity index (χ4n) is 3.74. The van der Waals surface area contributed by atoms with E-state index in [1.807, 2.05) is 6.33 Å². The summed E-state index contributed by atoms with van der Waals surface area (Å²) in [5.74, 6) is 3.38. The van der Waals surface area contributed by atoms with Crippen LogP contribution in [0.1, 0.15) is 38.9 Å². The number of fused-ring (bicyclic) bond motifs is 1. The van der Waals surface area contributed by atoms with Crippen molar-refractivity contribution in [2.24, 2.45) is 23.5 Å². The van der Waals surface area contributed by atoms with Gasteiger partial charge in [-0.25, -0.2) is 0 Å². The molecule has 0 radical (unpaired) electrons. The van der Waals surface area contributed by atoms with Gasteiger partial charge in [-0.3, -0.25) is 4.90 Å². The molecule has 2 N–H and O–H groups in total. The van der Waals surface area contributed by atoms with E-state index in [9.17, 15) is 0 Å². The summed E-state index contributed by atoms with van der Waals surface area (Å²) in [5, 5.41) is 8.20. The molecule has 0 bridgehead atoms. The van der Waals surface area contributed by atoms with Crippen LogP contribution in [0.5, 0.6) is 0 Å². The summed E-state index contributed by atoms with van der Waals surface area (Å²) >= 11 is 0. The summed E-state index contributed by atoms with van der Waals surface area (Å²) in [5.41, 5.74) is 6.37. The van der Waals surface area contributed by atoms with Crippen LogP contribution in [0.15, 0.2) is 6.33 Å². The lowest BCUT2D eigenvalue weighted by atomic mass is 9.73. The Morgan fingerprint density at radius 2 is 2.20 bits per heavy atom. The minimum Gasteiger partial charge on any atom is -0.327 e. The molecule has 5 heteroatoms. The lowest BCUT2D eigenvalue weighted by Gasteiger charge is -2.39. The Labute approximate surface area is 121 Å². The van der Waals surface area contributed by atoms with Gasteiger partial charge in [-0.05, 0) is 37.0 Å². The highest BCUT2D eigenvalue weighted by Gasteiger charge is 2.31. The molecule has 0 saturated heterocycles. The Morgan fingerprint density at radius 1 is 1.35 bits per heavy atom. The van der Waals surface area contributed by atoms with Gasteiger partial charge in [0.1, 0.15) is 12.2 Å². The van der Waals surface area contributed by atoms with E-state index in [1.54, 1.807) is 0 Å². The Bertz CT molecular complexity index is 441. The molecule has 2 heterocycles. The second-order valence-corrected chi connectivity index (χ2v) is 6.92. The molecule has 1 fully saturated rings. The van der Waals surface area contributed by atoms with Gasteiger partial charge in [-0.15, -0.1) is 10.2 Å².